The molecule has 1 N–H and O–H groups in total. The fraction of sp³-hybridized carbons (Fsp3) is 0.879. The third kappa shape index (κ3) is 22.4. The van der Waals surface area contributed by atoms with E-state index >= 15 is 0 Å². The first-order valence-corrected chi connectivity index (χ1v) is 16.6. The van der Waals surface area contributed by atoms with Crippen molar-refractivity contribution in [3.8, 4) is 0 Å². The number of carbonyl (C=O) groups excluding carboxylic acids is 1. The number of nitrogens with one attached hydrogen (secondary N) is 1. The molecule has 0 aliphatic rings. The second-order valence-corrected chi connectivity index (χ2v) is 11.5. The van der Waals surface area contributed by atoms with E-state index in [0.29, 0.717) is 6.42 Å². The summed E-state index contributed by atoms with van der Waals surface area (Å²) in [5.41, 5.74) is 3.00. The molecule has 0 fully saturated rings. The van der Waals surface area contributed by atoms with Crippen LogP contribution in [0.3, 0.4) is 0 Å². The lowest BCUT2D eigenvalue weighted by molar-refractivity contribution is -0.696. The van der Waals surface area contributed by atoms with Crippen LogP contribution in [0.25, 0.3) is 0 Å². The first kappa shape index (κ1) is 33.7. The molecule has 0 bridgehead atoms. The minimum Gasteiger partial charge on any atom is -0.272 e. The second kappa shape index (κ2) is 26.3. The summed E-state index contributed by atoms with van der Waals surface area (Å²) in [6.07, 6.45) is 40.7. The van der Waals surface area contributed by atoms with Gasteiger partial charge < -0.3 is 0 Å². The molecule has 0 saturated heterocycles. The van der Waals surface area contributed by atoms with Gasteiger partial charge in [-0.3, -0.25) is 4.79 Å². The molecule has 4 nitrogen and oxygen atoms in total. The maximum absolute atomic E-state index is 12.2. The molecule has 0 unspecified atom stereocenters. The number of rotatable bonds is 28. The largest absolute Gasteiger partial charge is 0.272 e. The Labute approximate surface area is 231 Å². The lowest BCUT2D eigenvalue weighted by atomic mass is 10.0. The normalized spacial score (nSPS) is 11.3. The van der Waals surface area contributed by atoms with Crippen molar-refractivity contribution in [1.29, 1.82) is 0 Å². The molecule has 0 aromatic carbocycles. The minimum absolute atomic E-state index is 0.135. The zero-order valence-electron chi connectivity index (χ0n) is 25.1. The molecule has 216 valence electrons. The lowest BCUT2D eigenvalue weighted by Crippen LogP contribution is -2.32. The number of imidazole rings is 1. The van der Waals surface area contributed by atoms with Crippen LogP contribution in [0.1, 0.15) is 181 Å². The average molecular weight is 519 g/mol. The summed E-state index contributed by atoms with van der Waals surface area (Å²) in [6, 6.07) is 0. The maximum atomic E-state index is 12.2. The molecule has 4 heteroatoms. The van der Waals surface area contributed by atoms with Crippen molar-refractivity contribution < 1.29 is 9.36 Å². The van der Waals surface area contributed by atoms with E-state index in [0.717, 1.165) is 13.0 Å². The lowest BCUT2D eigenvalue weighted by Gasteiger charge is -2.04. The van der Waals surface area contributed by atoms with Crippen molar-refractivity contribution in [2.45, 2.75) is 187 Å². The van der Waals surface area contributed by atoms with Gasteiger partial charge in [-0.25, -0.2) is 4.57 Å². The van der Waals surface area contributed by atoms with Crippen LogP contribution in [0.2, 0.25) is 0 Å². The summed E-state index contributed by atoms with van der Waals surface area (Å²) < 4.78 is 4.01. The summed E-state index contributed by atoms with van der Waals surface area (Å²) >= 11 is 0. The van der Waals surface area contributed by atoms with Crippen LogP contribution in [-0.4, -0.2) is 10.6 Å². The number of hydrogen-bond acceptors (Lipinski definition) is 1. The smallest absolute Gasteiger partial charge is 0.267 e. The molecule has 0 atom stereocenters. The Balaban J connectivity index is 1.85. The Morgan fingerprint density at radius 3 is 1.38 bits per heavy atom. The summed E-state index contributed by atoms with van der Waals surface area (Å²) in [6.45, 7) is 5.60. The fourth-order valence-corrected chi connectivity index (χ4v) is 5.23. The van der Waals surface area contributed by atoms with Gasteiger partial charge in [0.2, 0.25) is 0 Å². The van der Waals surface area contributed by atoms with Crippen molar-refractivity contribution in [2.24, 2.45) is 0 Å². The van der Waals surface area contributed by atoms with E-state index in [1.165, 1.54) is 154 Å². The van der Waals surface area contributed by atoms with E-state index in [-0.39, 0.29) is 5.91 Å². The fourth-order valence-electron chi connectivity index (χ4n) is 5.23. The van der Waals surface area contributed by atoms with Crippen molar-refractivity contribution >= 4 is 5.91 Å². The van der Waals surface area contributed by atoms with E-state index in [2.05, 4.69) is 30.0 Å². The van der Waals surface area contributed by atoms with Gasteiger partial charge in [0.25, 0.3) is 12.2 Å². The van der Waals surface area contributed by atoms with Gasteiger partial charge in [0.15, 0.2) is 6.20 Å². The van der Waals surface area contributed by atoms with Crippen LogP contribution in [-0.2, 0) is 11.3 Å². The number of nitrogens with zero attached hydrogens (tertiary/aromatic N) is 2. The van der Waals surface area contributed by atoms with Crippen LogP contribution in [0.5, 0.6) is 0 Å². The van der Waals surface area contributed by atoms with Gasteiger partial charge in [0.05, 0.1) is 6.54 Å². The van der Waals surface area contributed by atoms with Gasteiger partial charge in [0.1, 0.15) is 6.20 Å². The second-order valence-electron chi connectivity index (χ2n) is 11.5. The zero-order valence-corrected chi connectivity index (χ0v) is 25.1. The molecule has 0 spiro atoms. The van der Waals surface area contributed by atoms with E-state index in [1.54, 1.807) is 0 Å². The summed E-state index contributed by atoms with van der Waals surface area (Å²) in [5, 5.41) is 0. The molecule has 0 saturated carbocycles. The molecule has 0 aliphatic carbocycles. The van der Waals surface area contributed by atoms with Crippen LogP contribution in [0.4, 0.5) is 0 Å². The first-order chi connectivity index (χ1) is 18.3. The summed E-state index contributed by atoms with van der Waals surface area (Å²) in [5.74, 6) is 0.135. The maximum Gasteiger partial charge on any atom is 0.267 e. The zero-order chi connectivity index (χ0) is 26.7. The molecular weight excluding hydrogens is 454 g/mol. The van der Waals surface area contributed by atoms with Crippen LogP contribution < -0.4 is 9.99 Å². The minimum atomic E-state index is 0.135. The number of aromatic nitrogens is 2. The Morgan fingerprint density at radius 1 is 0.568 bits per heavy atom. The Morgan fingerprint density at radius 2 is 0.946 bits per heavy atom. The predicted octanol–water partition coefficient (Wildman–Crippen LogP) is 10.0. The highest BCUT2D eigenvalue weighted by Crippen LogP contribution is 2.14. The first-order valence-electron chi connectivity index (χ1n) is 16.6. The highest BCUT2D eigenvalue weighted by Gasteiger charge is 2.08. The molecule has 0 aliphatic heterocycles. The third-order valence-electron chi connectivity index (χ3n) is 7.72. The third-order valence-corrected chi connectivity index (χ3v) is 7.72. The number of amides is 1. The quantitative estimate of drug-likeness (QED) is 0.0869. The van der Waals surface area contributed by atoms with Gasteiger partial charge in [0, 0.05) is 6.42 Å². The monoisotopic (exact) mass is 519 g/mol. The number of hydrogen-bond donors (Lipinski definition) is 1. The highest BCUT2D eigenvalue weighted by atomic mass is 16.2. The van der Waals surface area contributed by atoms with Gasteiger partial charge >= 0.3 is 0 Å². The van der Waals surface area contributed by atoms with Crippen LogP contribution >= 0.6 is 0 Å². The summed E-state index contributed by atoms with van der Waals surface area (Å²) in [4.78, 5) is 12.2. The van der Waals surface area contributed by atoms with Crippen molar-refractivity contribution in [1.82, 2.24) is 4.68 Å². The molecule has 37 heavy (non-hydrogen) atoms. The van der Waals surface area contributed by atoms with Gasteiger partial charge in [-0.05, 0) is 19.3 Å². The average Bonchev–Trinajstić information content (AvgIpc) is 3.34. The van der Waals surface area contributed by atoms with Gasteiger partial charge in [-0.1, -0.05) is 155 Å². The topological polar surface area (TPSA) is 37.9 Å². The molecule has 1 aromatic rings. The molecule has 1 heterocycles. The Hall–Kier alpha value is -1.32. The Bertz CT molecular complexity index is 612. The standard InChI is InChI=1S/C33H63N3O/c1-3-5-7-9-11-13-14-15-16-17-18-19-20-21-22-24-26-28-33(37)34-36-31-30-35(32-36)29-27-25-23-12-10-8-6-4-2/h30-32H,3-29H2,1-2H3/p+1. The van der Waals surface area contributed by atoms with E-state index in [9.17, 15) is 4.79 Å². The van der Waals surface area contributed by atoms with Crippen molar-refractivity contribution in [3.05, 3.63) is 18.7 Å². The number of carbonyl (C=O) groups is 1. The van der Waals surface area contributed by atoms with Crippen molar-refractivity contribution in [3.63, 3.8) is 0 Å². The highest BCUT2D eigenvalue weighted by molar-refractivity contribution is 5.83. The van der Waals surface area contributed by atoms with Crippen LogP contribution in [0, 0.1) is 0 Å². The van der Waals surface area contributed by atoms with E-state index < -0.39 is 0 Å². The van der Waals surface area contributed by atoms with Crippen LogP contribution in [0.15, 0.2) is 18.7 Å². The molecule has 1 amide bonds. The Kier molecular flexibility index (Phi) is 24.0. The molecule has 1 aromatic heterocycles. The van der Waals surface area contributed by atoms with Gasteiger partial charge in [-0.15, -0.1) is 4.68 Å². The van der Waals surface area contributed by atoms with E-state index in [4.69, 9.17) is 0 Å². The number of aryl methyl sites for hydroxylation is 1. The predicted molar refractivity (Wildman–Crippen MR) is 160 cm³/mol. The molecular formula is C33H64N3O+. The van der Waals surface area contributed by atoms with E-state index in [1.807, 2.05) is 17.2 Å². The molecule has 1 rings (SSSR count). The van der Waals surface area contributed by atoms with Crippen molar-refractivity contribution in [2.75, 3.05) is 5.43 Å². The SMILES string of the molecule is CCCCCCCCCCCCCCCCCCCC(=O)Nn1cc[n+](CCCCCCCCCC)c1. The molecule has 0 radical (unpaired) electrons. The van der Waals surface area contributed by atoms with Gasteiger partial charge in [-0.2, -0.15) is 5.43 Å². The summed E-state index contributed by atoms with van der Waals surface area (Å²) in [7, 11) is 0. The number of unbranched alkanes of at least 4 members (excludes halogenated alkanes) is 23.